The van der Waals surface area contributed by atoms with E-state index in [2.05, 4.69) is 12.1 Å². The first-order valence-electron chi connectivity index (χ1n) is 3.09. The van der Waals surface area contributed by atoms with Crippen molar-refractivity contribution < 1.29 is 0 Å². The summed E-state index contributed by atoms with van der Waals surface area (Å²) in [5, 5.41) is 17.0. The van der Waals surface area contributed by atoms with E-state index in [-0.39, 0.29) is 15.9 Å². The van der Waals surface area contributed by atoms with Crippen molar-refractivity contribution >= 4 is 11.8 Å². The molecular weight excluding hydrogens is 144 g/mol. The molecule has 1 saturated heterocycles. The standard InChI is InChI=1S/C7H8N2S/c1-7(2)5(3-8)6(4-9)10-7/h5-6H,1-2H3/t5-,6-/m0/s1. The fourth-order valence-corrected chi connectivity index (χ4v) is 2.44. The molecule has 0 aromatic heterocycles. The van der Waals surface area contributed by atoms with Crippen LogP contribution in [0.4, 0.5) is 0 Å². The Morgan fingerprint density at radius 1 is 1.30 bits per heavy atom. The summed E-state index contributed by atoms with van der Waals surface area (Å²) < 4.78 is -0.00481. The molecule has 0 unspecified atom stereocenters. The van der Waals surface area contributed by atoms with Crippen LogP contribution in [0.1, 0.15) is 13.8 Å². The maximum absolute atomic E-state index is 8.61. The lowest BCUT2D eigenvalue weighted by atomic mass is 9.91. The van der Waals surface area contributed by atoms with Crippen LogP contribution in [0.15, 0.2) is 0 Å². The third kappa shape index (κ3) is 0.874. The van der Waals surface area contributed by atoms with Crippen molar-refractivity contribution in [2.45, 2.75) is 23.8 Å². The Morgan fingerprint density at radius 3 is 2.10 bits per heavy atom. The molecule has 0 bridgehead atoms. The molecule has 0 aromatic carbocycles. The number of thioether (sulfide) groups is 1. The second-order valence-corrected chi connectivity index (χ2v) is 4.67. The molecule has 0 amide bonds. The summed E-state index contributed by atoms with van der Waals surface area (Å²) in [6.07, 6.45) is 0. The quantitative estimate of drug-likeness (QED) is 0.529. The zero-order valence-corrected chi connectivity index (χ0v) is 6.77. The van der Waals surface area contributed by atoms with Gasteiger partial charge < -0.3 is 0 Å². The first-order valence-corrected chi connectivity index (χ1v) is 3.97. The zero-order chi connectivity index (χ0) is 7.78. The van der Waals surface area contributed by atoms with E-state index in [4.69, 9.17) is 10.5 Å². The van der Waals surface area contributed by atoms with Crippen LogP contribution in [0.5, 0.6) is 0 Å². The molecule has 1 aliphatic rings. The summed E-state index contributed by atoms with van der Waals surface area (Å²) in [6, 6.07) is 4.25. The highest BCUT2D eigenvalue weighted by atomic mass is 32.2. The predicted octanol–water partition coefficient (Wildman–Crippen LogP) is 1.54. The maximum Gasteiger partial charge on any atom is 0.109 e. The Bertz CT molecular complexity index is 221. The molecule has 0 aromatic rings. The first kappa shape index (κ1) is 7.44. The van der Waals surface area contributed by atoms with Gasteiger partial charge >= 0.3 is 0 Å². The summed E-state index contributed by atoms with van der Waals surface area (Å²) in [4.78, 5) is 0. The minimum Gasteiger partial charge on any atom is -0.198 e. The van der Waals surface area contributed by atoms with Crippen LogP contribution in [-0.2, 0) is 0 Å². The van der Waals surface area contributed by atoms with Gasteiger partial charge in [-0.25, -0.2) is 0 Å². The number of hydrogen-bond donors (Lipinski definition) is 0. The molecule has 3 heteroatoms. The normalized spacial score (nSPS) is 35.2. The van der Waals surface area contributed by atoms with Crippen LogP contribution in [0, 0.1) is 28.6 Å². The number of nitrogens with zero attached hydrogens (tertiary/aromatic N) is 2. The van der Waals surface area contributed by atoms with Crippen molar-refractivity contribution in [1.82, 2.24) is 0 Å². The van der Waals surface area contributed by atoms with Gasteiger partial charge in [-0.1, -0.05) is 0 Å². The fourth-order valence-electron chi connectivity index (χ4n) is 1.08. The van der Waals surface area contributed by atoms with Gasteiger partial charge in [0.15, 0.2) is 0 Å². The average molecular weight is 152 g/mol. The van der Waals surface area contributed by atoms with Gasteiger partial charge in [0, 0.05) is 4.75 Å². The van der Waals surface area contributed by atoms with E-state index in [1.807, 2.05) is 13.8 Å². The van der Waals surface area contributed by atoms with Crippen molar-refractivity contribution in [3.8, 4) is 12.1 Å². The van der Waals surface area contributed by atoms with E-state index in [9.17, 15) is 0 Å². The molecule has 0 spiro atoms. The van der Waals surface area contributed by atoms with Gasteiger partial charge in [-0.3, -0.25) is 0 Å². The Morgan fingerprint density at radius 2 is 1.90 bits per heavy atom. The monoisotopic (exact) mass is 152 g/mol. The Hall–Kier alpha value is -0.670. The van der Waals surface area contributed by atoms with Gasteiger partial charge in [0.25, 0.3) is 0 Å². The van der Waals surface area contributed by atoms with E-state index in [1.165, 1.54) is 0 Å². The summed E-state index contributed by atoms with van der Waals surface area (Å²) in [5.74, 6) is -0.0810. The molecule has 0 aliphatic carbocycles. The molecule has 1 rings (SSSR count). The third-order valence-corrected chi connectivity index (χ3v) is 3.24. The Labute approximate surface area is 64.8 Å². The summed E-state index contributed by atoms with van der Waals surface area (Å²) >= 11 is 1.58. The Balaban J connectivity index is 2.68. The SMILES string of the molecule is CC1(C)S[C@@H](C#N)[C@@H]1C#N. The first-order chi connectivity index (χ1) is 4.61. The lowest BCUT2D eigenvalue weighted by Crippen LogP contribution is -2.45. The van der Waals surface area contributed by atoms with E-state index >= 15 is 0 Å². The van der Waals surface area contributed by atoms with E-state index in [0.29, 0.717) is 0 Å². The summed E-state index contributed by atoms with van der Waals surface area (Å²) in [6.45, 7) is 4.00. The van der Waals surface area contributed by atoms with Crippen molar-refractivity contribution in [3.63, 3.8) is 0 Å². The van der Waals surface area contributed by atoms with Crippen LogP contribution in [0.25, 0.3) is 0 Å². The van der Waals surface area contributed by atoms with Crippen LogP contribution in [-0.4, -0.2) is 10.00 Å². The topological polar surface area (TPSA) is 47.6 Å². The molecule has 2 atom stereocenters. The lowest BCUT2D eigenvalue weighted by Gasteiger charge is -2.43. The average Bonchev–Trinajstić information content (AvgIpc) is 1.84. The predicted molar refractivity (Wildman–Crippen MR) is 40.2 cm³/mol. The van der Waals surface area contributed by atoms with Crippen molar-refractivity contribution in [3.05, 3.63) is 0 Å². The van der Waals surface area contributed by atoms with Gasteiger partial charge in [-0.2, -0.15) is 10.5 Å². The molecule has 10 heavy (non-hydrogen) atoms. The van der Waals surface area contributed by atoms with Crippen LogP contribution < -0.4 is 0 Å². The number of hydrogen-bond acceptors (Lipinski definition) is 3. The number of nitriles is 2. The lowest BCUT2D eigenvalue weighted by molar-refractivity contribution is 0.491. The highest BCUT2D eigenvalue weighted by Crippen LogP contribution is 2.50. The van der Waals surface area contributed by atoms with Gasteiger partial charge in [-0.15, -0.1) is 11.8 Å². The minimum absolute atomic E-state index is 0.00481. The molecule has 1 fully saturated rings. The van der Waals surface area contributed by atoms with Gasteiger partial charge in [0.05, 0.1) is 18.1 Å². The van der Waals surface area contributed by atoms with Crippen molar-refractivity contribution in [2.24, 2.45) is 5.92 Å². The van der Waals surface area contributed by atoms with E-state index in [0.717, 1.165) is 0 Å². The Kier molecular flexibility index (Phi) is 1.62. The van der Waals surface area contributed by atoms with E-state index in [1.54, 1.807) is 11.8 Å². The smallest absolute Gasteiger partial charge is 0.109 e. The fraction of sp³-hybridized carbons (Fsp3) is 0.714. The molecule has 2 nitrogen and oxygen atoms in total. The van der Waals surface area contributed by atoms with Crippen LogP contribution in [0.2, 0.25) is 0 Å². The van der Waals surface area contributed by atoms with Crippen LogP contribution in [0.3, 0.4) is 0 Å². The molecule has 0 radical (unpaired) electrons. The minimum atomic E-state index is -0.0972. The molecule has 0 N–H and O–H groups in total. The highest BCUT2D eigenvalue weighted by molar-refractivity contribution is 8.02. The second-order valence-electron chi connectivity index (χ2n) is 2.88. The van der Waals surface area contributed by atoms with Crippen LogP contribution >= 0.6 is 11.8 Å². The largest absolute Gasteiger partial charge is 0.198 e. The summed E-state index contributed by atoms with van der Waals surface area (Å²) in [5.41, 5.74) is 0. The third-order valence-electron chi connectivity index (χ3n) is 1.75. The van der Waals surface area contributed by atoms with Crippen molar-refractivity contribution in [2.75, 3.05) is 0 Å². The van der Waals surface area contributed by atoms with Gasteiger partial charge in [0.1, 0.15) is 5.25 Å². The highest BCUT2D eigenvalue weighted by Gasteiger charge is 2.48. The van der Waals surface area contributed by atoms with E-state index < -0.39 is 0 Å². The summed E-state index contributed by atoms with van der Waals surface area (Å²) in [7, 11) is 0. The van der Waals surface area contributed by atoms with Gasteiger partial charge in [0.2, 0.25) is 0 Å². The molecule has 1 aliphatic heterocycles. The molecule has 52 valence electrons. The molecule has 0 saturated carbocycles. The molecular formula is C7H8N2S. The number of rotatable bonds is 0. The molecule has 1 heterocycles. The maximum atomic E-state index is 8.61. The van der Waals surface area contributed by atoms with Gasteiger partial charge in [-0.05, 0) is 13.8 Å². The second kappa shape index (κ2) is 2.18. The zero-order valence-electron chi connectivity index (χ0n) is 5.96. The van der Waals surface area contributed by atoms with Crippen molar-refractivity contribution in [1.29, 1.82) is 10.5 Å².